The van der Waals surface area contributed by atoms with E-state index in [1.807, 2.05) is 0 Å². The second-order valence-corrected chi connectivity index (χ2v) is 15.9. The number of carbonyl (C=O) groups is 2. The quantitative estimate of drug-likeness (QED) is 0.128. The van der Waals surface area contributed by atoms with Gasteiger partial charge in [-0.3, -0.25) is 9.59 Å². The van der Waals surface area contributed by atoms with E-state index < -0.39 is 20.2 Å². The number of benzene rings is 6. The van der Waals surface area contributed by atoms with E-state index >= 15 is 0 Å². The van der Waals surface area contributed by atoms with Crippen LogP contribution in [0.2, 0.25) is 0 Å². The number of rotatable bonds is 6. The van der Waals surface area contributed by atoms with Gasteiger partial charge in [0.25, 0.3) is 11.8 Å². The van der Waals surface area contributed by atoms with Crippen molar-refractivity contribution in [2.75, 3.05) is 10.6 Å². The van der Waals surface area contributed by atoms with Gasteiger partial charge in [0.15, 0.2) is 0 Å². The monoisotopic (exact) mass is 995 g/mol. The van der Waals surface area contributed by atoms with Crippen LogP contribution < -0.4 is 10.6 Å². The summed E-state index contributed by atoms with van der Waals surface area (Å²) in [6.07, 6.45) is 4.25. The van der Waals surface area contributed by atoms with Gasteiger partial charge in [-0.05, 0) is 83.6 Å². The number of fused-ring (bicyclic) bond motifs is 2. The van der Waals surface area contributed by atoms with Crippen LogP contribution in [0.4, 0.5) is 11.4 Å². The molecule has 1 aliphatic rings. The van der Waals surface area contributed by atoms with Crippen LogP contribution in [0, 0.1) is 0 Å². The van der Waals surface area contributed by atoms with Crippen LogP contribution in [0.5, 0.6) is 11.5 Å². The summed E-state index contributed by atoms with van der Waals surface area (Å²) in [6, 6.07) is 31.2. The molecule has 1 fully saturated rings. The second-order valence-electron chi connectivity index (χ2n) is 12.9. The van der Waals surface area contributed by atoms with Crippen molar-refractivity contribution in [3.8, 4) is 11.5 Å². The number of hydrogen-bond donors (Lipinski definition) is 4. The fraction of sp³-hybridized carbons (Fsp3) is 0.150. The maximum absolute atomic E-state index is 12.2. The summed E-state index contributed by atoms with van der Waals surface area (Å²) in [5.41, 5.74) is 16.5. The molecule has 298 valence electrons. The largest absolute Gasteiger partial charge is 4.00 e. The molecule has 0 heterocycles. The smallest absolute Gasteiger partial charge is 0.676 e. The standard InChI is InChI=1S/2C17H13NO5S.C6H12N2.Pt/c2*19-16-10-14(24(21,22)23)9-12-8-13(6-7-15(12)16)18-17(20)11-4-2-1-3-5-11;7-5-3-1-2-4-6(5)8;/h2*1-10,19H,(H,18,20)(H,21,22,23);5-8H,1-4H2;/q;;-2;+4/p+2. The van der Waals surface area contributed by atoms with Gasteiger partial charge in [0, 0.05) is 45.4 Å². The minimum atomic E-state index is -4.19. The van der Waals surface area contributed by atoms with Crippen LogP contribution in [0.15, 0.2) is 131 Å². The molecule has 0 spiro atoms. The van der Waals surface area contributed by atoms with E-state index in [2.05, 4.69) is 10.6 Å². The molecule has 0 bridgehead atoms. The number of phenolic OH excluding ortho intramolecular Hbond substituents is 2. The summed E-state index contributed by atoms with van der Waals surface area (Å²) in [5.74, 6) is -1.08. The minimum Gasteiger partial charge on any atom is -0.676 e. The molecule has 57 heavy (non-hydrogen) atoms. The number of nitrogens with one attached hydrogen (secondary N) is 4. The predicted octanol–water partition coefficient (Wildman–Crippen LogP) is 6.82. The Hall–Kier alpha value is -5.19. The molecule has 6 aromatic carbocycles. The Kier molecular flexibility index (Phi) is 15.1. The van der Waals surface area contributed by atoms with Gasteiger partial charge in [0.2, 0.25) is 0 Å². The molecule has 10 N–H and O–H groups in total. The Morgan fingerprint density at radius 1 is 0.561 bits per heavy atom. The van der Waals surface area contributed by atoms with Crippen molar-refractivity contribution >= 4 is 65.0 Å². The Balaban J connectivity index is 0.000000209. The number of hydrogen-bond acceptors (Lipinski definition) is 8. The van der Waals surface area contributed by atoms with Crippen molar-refractivity contribution < 1.29 is 66.8 Å². The zero-order valence-electron chi connectivity index (χ0n) is 30.0. The van der Waals surface area contributed by atoms with Gasteiger partial charge in [0.05, 0.1) is 0 Å². The predicted molar refractivity (Wildman–Crippen MR) is 216 cm³/mol. The average molecular weight is 996 g/mol. The molecule has 0 aliphatic heterocycles. The Bertz CT molecular complexity index is 2420. The van der Waals surface area contributed by atoms with Gasteiger partial charge in [0.1, 0.15) is 21.3 Å². The topological polar surface area (TPSA) is 260 Å². The summed E-state index contributed by atoms with van der Waals surface area (Å²) >= 11 is 0. The van der Waals surface area contributed by atoms with Gasteiger partial charge in [-0.1, -0.05) is 62.1 Å². The summed E-state index contributed by atoms with van der Waals surface area (Å²) in [7, 11) is -8.39. The Morgan fingerprint density at radius 3 is 1.23 bits per heavy atom. The third kappa shape index (κ3) is 12.2. The van der Waals surface area contributed by atoms with E-state index in [-0.39, 0.29) is 66.3 Å². The first-order valence-electron chi connectivity index (χ1n) is 17.2. The molecule has 17 heteroatoms. The average Bonchev–Trinajstić information content (AvgIpc) is 3.16. The molecular weight excluding hydrogens is 956 g/mol. The van der Waals surface area contributed by atoms with Gasteiger partial charge in [-0.2, -0.15) is 12.1 Å². The van der Waals surface area contributed by atoms with E-state index in [9.17, 15) is 36.6 Å². The van der Waals surface area contributed by atoms with E-state index in [1.54, 1.807) is 97.1 Å². The number of carbonyl (C=O) groups excluding carboxylic acids is 2. The first kappa shape index (κ1) is 44.5. The maximum atomic E-state index is 12.2. The summed E-state index contributed by atoms with van der Waals surface area (Å²) in [4.78, 5) is 23.7. The SMILES string of the molecule is O=C(Nc1ccc2c(O)cc(S(=O)(=O)[OH2+])cc2c1)c1ccccc1.O=C(Nc1ccc2c(O)cc(S(=O)(=O)[OH2+])cc2c1)c1ccccc1.[NH-]C1CCCCC1[NH-].[Pt+4]. The fourth-order valence-corrected chi connectivity index (χ4v) is 6.93. The summed E-state index contributed by atoms with van der Waals surface area (Å²) in [6.45, 7) is 0. The molecule has 14 nitrogen and oxygen atoms in total. The maximum Gasteiger partial charge on any atom is 4.00 e. The molecule has 7 rings (SSSR count). The molecule has 6 aromatic rings. The minimum absolute atomic E-state index is 0. The number of phenols is 2. The van der Waals surface area contributed by atoms with Gasteiger partial charge in [-0.25, -0.2) is 0 Å². The van der Waals surface area contributed by atoms with E-state index in [0.717, 1.165) is 25.0 Å². The Labute approximate surface area is 343 Å². The van der Waals surface area contributed by atoms with Crippen molar-refractivity contribution in [2.45, 2.75) is 47.6 Å². The molecule has 0 saturated heterocycles. The van der Waals surface area contributed by atoms with Crippen LogP contribution in [-0.2, 0) is 41.3 Å². The first-order chi connectivity index (χ1) is 26.5. The normalized spacial score (nSPS) is 15.2. The van der Waals surface area contributed by atoms with Crippen LogP contribution >= 0.6 is 0 Å². The molecule has 0 radical (unpaired) electrons. The summed E-state index contributed by atoms with van der Waals surface area (Å²) < 4.78 is 59.7. The summed E-state index contributed by atoms with van der Waals surface area (Å²) in [5, 5.41) is 27.0. The number of anilines is 2. The molecule has 2 atom stereocenters. The van der Waals surface area contributed by atoms with Crippen molar-refractivity contribution in [2.24, 2.45) is 0 Å². The molecule has 2 amide bonds. The van der Waals surface area contributed by atoms with Crippen molar-refractivity contribution in [1.29, 1.82) is 0 Å². The number of aromatic hydroxyl groups is 2. The third-order valence-electron chi connectivity index (χ3n) is 8.78. The number of amides is 2. The van der Waals surface area contributed by atoms with Crippen LogP contribution in [0.1, 0.15) is 46.4 Å². The van der Waals surface area contributed by atoms with Gasteiger partial charge in [-0.15, -0.1) is 16.8 Å². The van der Waals surface area contributed by atoms with Crippen LogP contribution in [0.25, 0.3) is 33.0 Å². The van der Waals surface area contributed by atoms with Crippen LogP contribution in [-0.4, -0.2) is 60.1 Å². The van der Waals surface area contributed by atoms with Crippen molar-refractivity contribution in [3.63, 3.8) is 0 Å². The van der Waals surface area contributed by atoms with Crippen molar-refractivity contribution in [1.82, 2.24) is 0 Å². The first-order valence-corrected chi connectivity index (χ1v) is 20.1. The van der Waals surface area contributed by atoms with Crippen molar-refractivity contribution in [3.05, 3.63) is 144 Å². The zero-order valence-corrected chi connectivity index (χ0v) is 33.9. The van der Waals surface area contributed by atoms with E-state index in [0.29, 0.717) is 44.0 Å². The Morgan fingerprint density at radius 2 is 0.912 bits per heavy atom. The second kappa shape index (κ2) is 19.3. The molecule has 1 saturated carbocycles. The molecule has 0 aromatic heterocycles. The fourth-order valence-electron chi connectivity index (χ4n) is 5.83. The zero-order chi connectivity index (χ0) is 40.6. The van der Waals surface area contributed by atoms with E-state index in [1.165, 1.54) is 25.0 Å². The molecule has 1 aliphatic carbocycles. The van der Waals surface area contributed by atoms with Gasteiger partial charge < -0.3 is 41.4 Å². The molecule has 2 unspecified atom stereocenters. The molecular formula is C40H40N4O10PtS2+4. The van der Waals surface area contributed by atoms with Crippen LogP contribution in [0.3, 0.4) is 0 Å². The van der Waals surface area contributed by atoms with Gasteiger partial charge >= 0.3 is 41.3 Å². The van der Waals surface area contributed by atoms with E-state index in [4.69, 9.17) is 20.6 Å². The third-order valence-corrected chi connectivity index (χ3v) is 10.5.